The van der Waals surface area contributed by atoms with Gasteiger partial charge in [0.05, 0.1) is 12.6 Å². The lowest BCUT2D eigenvalue weighted by atomic mass is 10.1. The average molecular weight is 319 g/mol. The number of hydrogen-bond donors (Lipinski definition) is 1. The van der Waals surface area contributed by atoms with Gasteiger partial charge in [0.15, 0.2) is 0 Å². The van der Waals surface area contributed by atoms with Crippen LogP contribution in [0, 0.1) is 6.92 Å². The van der Waals surface area contributed by atoms with Crippen LogP contribution in [-0.4, -0.2) is 29.7 Å². The quantitative estimate of drug-likeness (QED) is 0.922. The summed E-state index contributed by atoms with van der Waals surface area (Å²) in [5.74, 6) is 1.11. The number of nitrogen functional groups attached to an aromatic ring is 1. The third-order valence-electron chi connectivity index (χ3n) is 3.76. The Labute approximate surface area is 135 Å². The molecule has 1 aromatic carbocycles. The Bertz CT molecular complexity index is 644. The molecule has 1 aliphatic rings. The second kappa shape index (κ2) is 6.50. The second-order valence-electron chi connectivity index (χ2n) is 5.38. The number of anilines is 2. The summed E-state index contributed by atoms with van der Waals surface area (Å²) in [6.07, 6.45) is 0.934. The van der Waals surface area contributed by atoms with Crippen LogP contribution in [0.25, 0.3) is 0 Å². The van der Waals surface area contributed by atoms with Crippen LogP contribution < -0.4 is 10.6 Å². The third-order valence-corrected chi connectivity index (χ3v) is 4.10. The van der Waals surface area contributed by atoms with Crippen molar-refractivity contribution in [2.45, 2.75) is 19.4 Å². The van der Waals surface area contributed by atoms with Crippen LogP contribution >= 0.6 is 11.6 Å². The molecule has 3 rings (SSSR count). The highest BCUT2D eigenvalue weighted by Crippen LogP contribution is 2.32. The van der Waals surface area contributed by atoms with Crippen LogP contribution in [0.3, 0.4) is 0 Å². The van der Waals surface area contributed by atoms with Crippen LogP contribution in [0.1, 0.15) is 23.7 Å². The number of aromatic nitrogens is 2. The first-order valence-electron chi connectivity index (χ1n) is 7.35. The van der Waals surface area contributed by atoms with Crippen molar-refractivity contribution in [3.05, 3.63) is 46.6 Å². The first kappa shape index (κ1) is 15.1. The minimum Gasteiger partial charge on any atom is -0.379 e. The van der Waals surface area contributed by atoms with E-state index in [4.69, 9.17) is 22.1 Å². The maximum atomic E-state index is 6.39. The number of benzene rings is 1. The lowest BCUT2D eigenvalue weighted by Gasteiger charge is -2.31. The molecular weight excluding hydrogens is 300 g/mol. The number of ether oxygens (including phenoxy) is 1. The average Bonchev–Trinajstić information content (AvgIpc) is 2.72. The molecule has 0 aliphatic carbocycles. The molecule has 116 valence electrons. The maximum Gasteiger partial charge on any atom is 0.222 e. The van der Waals surface area contributed by atoms with Crippen molar-refractivity contribution in [1.29, 1.82) is 0 Å². The van der Waals surface area contributed by atoms with Gasteiger partial charge in [-0.1, -0.05) is 29.8 Å². The summed E-state index contributed by atoms with van der Waals surface area (Å²) in [5, 5.41) is 0.738. The fraction of sp³-hybridized carbons (Fsp3) is 0.375. The highest BCUT2D eigenvalue weighted by Gasteiger charge is 2.26. The van der Waals surface area contributed by atoms with E-state index >= 15 is 0 Å². The molecule has 1 fully saturated rings. The molecule has 0 bridgehead atoms. The Hall–Kier alpha value is -1.85. The van der Waals surface area contributed by atoms with Gasteiger partial charge in [-0.05, 0) is 25.0 Å². The molecule has 0 radical (unpaired) electrons. The summed E-state index contributed by atoms with van der Waals surface area (Å²) in [6.45, 7) is 4.07. The van der Waals surface area contributed by atoms with Crippen LogP contribution in [0.2, 0.25) is 5.02 Å². The van der Waals surface area contributed by atoms with E-state index < -0.39 is 0 Å². The fourth-order valence-electron chi connectivity index (χ4n) is 2.78. The Morgan fingerprint density at radius 3 is 2.91 bits per heavy atom. The minimum absolute atomic E-state index is 0.0184. The highest BCUT2D eigenvalue weighted by molar-refractivity contribution is 6.31. The van der Waals surface area contributed by atoms with Crippen LogP contribution in [-0.2, 0) is 4.74 Å². The van der Waals surface area contributed by atoms with Crippen LogP contribution in [0.15, 0.2) is 30.3 Å². The summed E-state index contributed by atoms with van der Waals surface area (Å²) >= 11 is 6.39. The molecule has 6 heteroatoms. The molecule has 0 amide bonds. The molecule has 2 N–H and O–H groups in total. The fourth-order valence-corrected chi connectivity index (χ4v) is 3.04. The van der Waals surface area contributed by atoms with Crippen molar-refractivity contribution in [1.82, 2.24) is 9.97 Å². The van der Waals surface area contributed by atoms with Gasteiger partial charge in [0.2, 0.25) is 5.95 Å². The Morgan fingerprint density at radius 1 is 1.32 bits per heavy atom. The predicted octanol–water partition coefficient (Wildman–Crippen LogP) is 2.99. The zero-order chi connectivity index (χ0) is 15.5. The van der Waals surface area contributed by atoms with E-state index in [2.05, 4.69) is 14.9 Å². The number of rotatable bonds is 2. The molecule has 1 atom stereocenters. The van der Waals surface area contributed by atoms with E-state index in [1.54, 1.807) is 0 Å². The number of halogens is 1. The lowest BCUT2D eigenvalue weighted by Crippen LogP contribution is -2.32. The maximum absolute atomic E-state index is 6.39. The van der Waals surface area contributed by atoms with Crippen molar-refractivity contribution < 1.29 is 4.74 Å². The Morgan fingerprint density at radius 2 is 2.14 bits per heavy atom. The van der Waals surface area contributed by atoms with Crippen molar-refractivity contribution in [3.63, 3.8) is 0 Å². The number of hydrogen-bond acceptors (Lipinski definition) is 5. The molecule has 0 saturated carbocycles. The van der Waals surface area contributed by atoms with Gasteiger partial charge in [0, 0.05) is 29.9 Å². The highest BCUT2D eigenvalue weighted by atomic mass is 35.5. The lowest BCUT2D eigenvalue weighted by molar-refractivity contribution is 0.134. The van der Waals surface area contributed by atoms with E-state index in [9.17, 15) is 0 Å². The Balaban J connectivity index is 2.03. The zero-order valence-corrected chi connectivity index (χ0v) is 13.3. The predicted molar refractivity (Wildman–Crippen MR) is 88.2 cm³/mol. The smallest absolute Gasteiger partial charge is 0.222 e. The summed E-state index contributed by atoms with van der Waals surface area (Å²) in [7, 11) is 0. The topological polar surface area (TPSA) is 64.3 Å². The third kappa shape index (κ3) is 3.15. The van der Waals surface area contributed by atoms with E-state index in [1.807, 2.05) is 37.3 Å². The summed E-state index contributed by atoms with van der Waals surface area (Å²) in [5.41, 5.74) is 7.71. The van der Waals surface area contributed by atoms with Crippen LogP contribution in [0.4, 0.5) is 11.8 Å². The molecule has 1 saturated heterocycles. The Kier molecular flexibility index (Phi) is 4.45. The van der Waals surface area contributed by atoms with Gasteiger partial charge in [-0.15, -0.1) is 0 Å². The summed E-state index contributed by atoms with van der Waals surface area (Å²) in [6, 6.07) is 9.83. The van der Waals surface area contributed by atoms with Gasteiger partial charge in [0.1, 0.15) is 5.82 Å². The van der Waals surface area contributed by atoms with E-state index in [0.29, 0.717) is 6.61 Å². The molecule has 22 heavy (non-hydrogen) atoms. The van der Waals surface area contributed by atoms with E-state index in [0.717, 1.165) is 41.7 Å². The van der Waals surface area contributed by atoms with Gasteiger partial charge in [-0.25, -0.2) is 4.98 Å². The number of nitrogens with two attached hydrogens (primary N) is 1. The van der Waals surface area contributed by atoms with Crippen molar-refractivity contribution in [2.24, 2.45) is 0 Å². The molecule has 0 spiro atoms. The van der Waals surface area contributed by atoms with Gasteiger partial charge in [-0.3, -0.25) is 0 Å². The van der Waals surface area contributed by atoms with E-state index in [1.165, 1.54) is 0 Å². The molecule has 5 nitrogen and oxygen atoms in total. The van der Waals surface area contributed by atoms with Gasteiger partial charge in [-0.2, -0.15) is 4.98 Å². The van der Waals surface area contributed by atoms with Crippen LogP contribution in [0.5, 0.6) is 0 Å². The van der Waals surface area contributed by atoms with Crippen molar-refractivity contribution in [2.75, 3.05) is 30.4 Å². The molecule has 2 aromatic rings. The standard InChI is InChI=1S/C16H19ClN4O/c1-11-9-15(20-16(18)19-11)21-7-4-8-22-10-14(21)12-5-2-3-6-13(12)17/h2-3,5-6,9,14H,4,7-8,10H2,1H3,(H2,18,19,20). The number of nitrogens with zero attached hydrogens (tertiary/aromatic N) is 3. The van der Waals surface area contributed by atoms with Gasteiger partial charge in [0.25, 0.3) is 0 Å². The monoisotopic (exact) mass is 318 g/mol. The van der Waals surface area contributed by atoms with Gasteiger partial charge >= 0.3 is 0 Å². The van der Waals surface area contributed by atoms with Gasteiger partial charge < -0.3 is 15.4 Å². The largest absolute Gasteiger partial charge is 0.379 e. The molecule has 1 unspecified atom stereocenters. The molecule has 2 heterocycles. The zero-order valence-electron chi connectivity index (χ0n) is 12.5. The van der Waals surface area contributed by atoms with E-state index in [-0.39, 0.29) is 12.0 Å². The number of aryl methyl sites for hydroxylation is 1. The normalized spacial score (nSPS) is 19.0. The first-order valence-corrected chi connectivity index (χ1v) is 7.73. The minimum atomic E-state index is 0.0184. The molecule has 1 aliphatic heterocycles. The second-order valence-corrected chi connectivity index (χ2v) is 5.79. The summed E-state index contributed by atoms with van der Waals surface area (Å²) in [4.78, 5) is 10.8. The first-order chi connectivity index (χ1) is 10.6. The SMILES string of the molecule is Cc1cc(N2CCCOCC2c2ccccc2Cl)nc(N)n1. The molecule has 1 aromatic heterocycles. The van der Waals surface area contributed by atoms with Crippen molar-refractivity contribution >= 4 is 23.4 Å². The molecular formula is C16H19ClN4O. The van der Waals surface area contributed by atoms with Crippen molar-refractivity contribution in [3.8, 4) is 0 Å². The summed E-state index contributed by atoms with van der Waals surface area (Å²) < 4.78 is 5.75.